The van der Waals surface area contributed by atoms with E-state index in [9.17, 15) is 13.2 Å². The Kier molecular flexibility index (Phi) is 6.55. The predicted molar refractivity (Wildman–Crippen MR) is 108 cm³/mol. The van der Waals surface area contributed by atoms with Crippen molar-refractivity contribution in [2.45, 2.75) is 19.8 Å². The Balaban J connectivity index is 2.21. The molecule has 0 bridgehead atoms. The van der Waals surface area contributed by atoms with Crippen molar-refractivity contribution < 1.29 is 13.2 Å². The van der Waals surface area contributed by atoms with Gasteiger partial charge in [0.15, 0.2) is 0 Å². The molecule has 0 radical (unpaired) electrons. The van der Waals surface area contributed by atoms with Gasteiger partial charge >= 0.3 is 0 Å². The average Bonchev–Trinajstić information content (AvgIpc) is 2.50. The van der Waals surface area contributed by atoms with Gasteiger partial charge in [-0.05, 0) is 41.8 Å². The standard InChI is InChI=1S/C18H20Cl2N2O3S/c1-12(2)13-4-6-17(7-5-13)22(26(3,24)25)11-18(23)21-16-9-14(19)8-15(20)10-16/h4-10,12H,11H2,1-3H3,(H,21,23). The minimum absolute atomic E-state index is 0.326. The molecule has 2 aromatic rings. The van der Waals surface area contributed by atoms with E-state index in [2.05, 4.69) is 5.32 Å². The van der Waals surface area contributed by atoms with Crippen LogP contribution in [0.15, 0.2) is 42.5 Å². The monoisotopic (exact) mass is 414 g/mol. The second kappa shape index (κ2) is 8.29. The Morgan fingerprint density at radius 1 is 1.08 bits per heavy atom. The first-order chi connectivity index (χ1) is 12.1. The number of carbonyl (C=O) groups excluding carboxylic acids is 1. The fourth-order valence-electron chi connectivity index (χ4n) is 2.38. The second-order valence-electron chi connectivity index (χ2n) is 6.22. The Hall–Kier alpha value is -1.76. The van der Waals surface area contributed by atoms with Gasteiger partial charge in [-0.2, -0.15) is 0 Å². The molecule has 1 N–H and O–H groups in total. The molecule has 26 heavy (non-hydrogen) atoms. The minimum Gasteiger partial charge on any atom is -0.324 e. The van der Waals surface area contributed by atoms with Crippen LogP contribution in [0.3, 0.4) is 0 Å². The van der Waals surface area contributed by atoms with E-state index in [4.69, 9.17) is 23.2 Å². The first-order valence-corrected chi connectivity index (χ1v) is 10.5. The first-order valence-electron chi connectivity index (χ1n) is 7.90. The summed E-state index contributed by atoms with van der Waals surface area (Å²) in [5.41, 5.74) is 1.91. The summed E-state index contributed by atoms with van der Waals surface area (Å²) >= 11 is 11.8. The Morgan fingerprint density at radius 3 is 2.08 bits per heavy atom. The molecule has 140 valence electrons. The number of hydrogen-bond donors (Lipinski definition) is 1. The highest BCUT2D eigenvalue weighted by Crippen LogP contribution is 2.24. The summed E-state index contributed by atoms with van der Waals surface area (Å²) in [5.74, 6) is -0.173. The molecule has 0 saturated carbocycles. The van der Waals surface area contributed by atoms with Crippen LogP contribution in [-0.4, -0.2) is 27.1 Å². The van der Waals surface area contributed by atoms with E-state index in [1.165, 1.54) is 18.2 Å². The van der Waals surface area contributed by atoms with Crippen LogP contribution in [0.1, 0.15) is 25.3 Å². The van der Waals surface area contributed by atoms with Gasteiger partial charge in [0.2, 0.25) is 15.9 Å². The number of anilines is 2. The maximum Gasteiger partial charge on any atom is 0.245 e. The topological polar surface area (TPSA) is 66.5 Å². The number of halogens is 2. The summed E-state index contributed by atoms with van der Waals surface area (Å²) in [4.78, 5) is 12.3. The van der Waals surface area contributed by atoms with Gasteiger partial charge in [0, 0.05) is 15.7 Å². The summed E-state index contributed by atoms with van der Waals surface area (Å²) in [5, 5.41) is 3.36. The van der Waals surface area contributed by atoms with E-state index in [1.54, 1.807) is 12.1 Å². The van der Waals surface area contributed by atoms with Crippen molar-refractivity contribution in [1.82, 2.24) is 0 Å². The third kappa shape index (κ3) is 5.62. The van der Waals surface area contributed by atoms with Crippen molar-refractivity contribution >= 4 is 50.5 Å². The zero-order valence-corrected chi connectivity index (χ0v) is 17.0. The smallest absolute Gasteiger partial charge is 0.245 e. The number of sulfonamides is 1. The van der Waals surface area contributed by atoms with Crippen LogP contribution in [0.4, 0.5) is 11.4 Å². The van der Waals surface area contributed by atoms with Crippen molar-refractivity contribution in [1.29, 1.82) is 0 Å². The molecule has 2 rings (SSSR count). The molecule has 0 spiro atoms. The number of nitrogens with one attached hydrogen (secondary N) is 1. The van der Waals surface area contributed by atoms with Gasteiger partial charge in [-0.15, -0.1) is 0 Å². The summed E-state index contributed by atoms with van der Waals surface area (Å²) in [6.07, 6.45) is 1.06. The fourth-order valence-corrected chi connectivity index (χ4v) is 3.76. The van der Waals surface area contributed by atoms with Gasteiger partial charge < -0.3 is 5.32 Å². The van der Waals surface area contributed by atoms with Crippen molar-refractivity contribution in [2.75, 3.05) is 22.4 Å². The van der Waals surface area contributed by atoms with Crippen LogP contribution < -0.4 is 9.62 Å². The summed E-state index contributed by atoms with van der Waals surface area (Å²) in [6.45, 7) is 3.74. The highest BCUT2D eigenvalue weighted by Gasteiger charge is 2.21. The zero-order valence-electron chi connectivity index (χ0n) is 14.7. The third-order valence-corrected chi connectivity index (χ3v) is 5.26. The van der Waals surface area contributed by atoms with E-state index >= 15 is 0 Å². The summed E-state index contributed by atoms with van der Waals surface area (Å²) < 4.78 is 25.4. The van der Waals surface area contributed by atoms with E-state index in [1.807, 2.05) is 26.0 Å². The van der Waals surface area contributed by atoms with Gasteiger partial charge in [0.25, 0.3) is 0 Å². The Morgan fingerprint density at radius 2 is 1.62 bits per heavy atom. The van der Waals surface area contributed by atoms with Gasteiger partial charge in [0.05, 0.1) is 11.9 Å². The summed E-state index contributed by atoms with van der Waals surface area (Å²) in [7, 11) is -3.63. The number of carbonyl (C=O) groups is 1. The minimum atomic E-state index is -3.63. The van der Waals surface area contributed by atoms with Crippen LogP contribution in [0, 0.1) is 0 Å². The molecular weight excluding hydrogens is 395 g/mol. The SMILES string of the molecule is CC(C)c1ccc(N(CC(=O)Nc2cc(Cl)cc(Cl)c2)S(C)(=O)=O)cc1. The maximum absolute atomic E-state index is 12.3. The molecule has 1 amide bonds. The molecule has 0 atom stereocenters. The molecule has 0 fully saturated rings. The number of amides is 1. The van der Waals surface area contributed by atoms with Crippen molar-refractivity contribution in [3.63, 3.8) is 0 Å². The maximum atomic E-state index is 12.3. The van der Waals surface area contributed by atoms with Crippen molar-refractivity contribution in [3.8, 4) is 0 Å². The highest BCUT2D eigenvalue weighted by atomic mass is 35.5. The largest absolute Gasteiger partial charge is 0.324 e. The van der Waals surface area contributed by atoms with Crippen LogP contribution in [0.25, 0.3) is 0 Å². The van der Waals surface area contributed by atoms with Gasteiger partial charge in [-0.1, -0.05) is 49.2 Å². The lowest BCUT2D eigenvalue weighted by molar-refractivity contribution is -0.114. The molecule has 0 aliphatic heterocycles. The molecule has 5 nitrogen and oxygen atoms in total. The van der Waals surface area contributed by atoms with Crippen LogP contribution in [-0.2, 0) is 14.8 Å². The lowest BCUT2D eigenvalue weighted by Crippen LogP contribution is -2.37. The average molecular weight is 415 g/mol. The zero-order chi connectivity index (χ0) is 19.5. The number of rotatable bonds is 6. The van der Waals surface area contributed by atoms with Crippen molar-refractivity contribution in [2.24, 2.45) is 0 Å². The lowest BCUT2D eigenvalue weighted by Gasteiger charge is -2.22. The van der Waals surface area contributed by atoms with Gasteiger partial charge in [-0.25, -0.2) is 8.42 Å². The number of nitrogens with zero attached hydrogens (tertiary/aromatic N) is 1. The summed E-state index contributed by atoms with van der Waals surface area (Å²) in [6, 6.07) is 11.7. The molecule has 0 heterocycles. The van der Waals surface area contributed by atoms with Crippen LogP contribution in [0.2, 0.25) is 10.0 Å². The van der Waals surface area contributed by atoms with E-state index in [-0.39, 0.29) is 6.54 Å². The molecule has 0 saturated heterocycles. The van der Waals surface area contributed by atoms with Crippen LogP contribution in [0.5, 0.6) is 0 Å². The van der Waals surface area contributed by atoms with Gasteiger partial charge in [-0.3, -0.25) is 9.10 Å². The van der Waals surface area contributed by atoms with E-state index in [0.29, 0.717) is 27.3 Å². The Bertz CT molecular complexity index is 877. The molecule has 0 aromatic heterocycles. The Labute approximate surface area is 164 Å². The molecule has 0 aliphatic carbocycles. The third-order valence-electron chi connectivity index (χ3n) is 3.68. The molecular formula is C18H20Cl2N2O3S. The predicted octanol–water partition coefficient (Wildman–Crippen LogP) is 4.52. The van der Waals surface area contributed by atoms with Crippen LogP contribution >= 0.6 is 23.2 Å². The highest BCUT2D eigenvalue weighted by molar-refractivity contribution is 7.92. The molecule has 0 aliphatic rings. The van der Waals surface area contributed by atoms with E-state index in [0.717, 1.165) is 16.1 Å². The first kappa shape index (κ1) is 20.6. The second-order valence-corrected chi connectivity index (χ2v) is 9.00. The molecule has 8 heteroatoms. The number of benzene rings is 2. The fraction of sp³-hybridized carbons (Fsp3) is 0.278. The van der Waals surface area contributed by atoms with E-state index < -0.39 is 15.9 Å². The normalized spacial score (nSPS) is 11.5. The van der Waals surface area contributed by atoms with Crippen molar-refractivity contribution in [3.05, 3.63) is 58.1 Å². The van der Waals surface area contributed by atoms with Gasteiger partial charge in [0.1, 0.15) is 6.54 Å². The number of hydrogen-bond acceptors (Lipinski definition) is 3. The molecule has 2 aromatic carbocycles. The quantitative estimate of drug-likeness (QED) is 0.754. The molecule has 0 unspecified atom stereocenters. The lowest BCUT2D eigenvalue weighted by atomic mass is 10.0.